The second kappa shape index (κ2) is 7.04. The van der Waals surface area contributed by atoms with Crippen LogP contribution in [-0.2, 0) is 6.61 Å². The van der Waals surface area contributed by atoms with Gasteiger partial charge >= 0.3 is 0 Å². The van der Waals surface area contributed by atoms with E-state index in [0.29, 0.717) is 11.8 Å². The number of anilines is 3. The molecule has 0 amide bonds. The Bertz CT molecular complexity index is 889. The molecule has 0 spiro atoms. The maximum absolute atomic E-state index is 13.5. The smallest absolute Gasteiger partial charge is 0.232 e. The molecule has 3 N–H and O–H groups in total. The molecule has 0 saturated carbocycles. The first kappa shape index (κ1) is 16.5. The summed E-state index contributed by atoms with van der Waals surface area (Å²) in [7, 11) is 0. The number of hydrogen-bond donors (Lipinski definition) is 2. The maximum Gasteiger partial charge on any atom is 0.232 e. The van der Waals surface area contributed by atoms with Crippen molar-refractivity contribution in [1.82, 2.24) is 15.0 Å². The van der Waals surface area contributed by atoms with Gasteiger partial charge in [-0.15, -0.1) is 0 Å². The number of ether oxygens (including phenoxy) is 1. The highest BCUT2D eigenvalue weighted by Gasteiger charge is 2.09. The Morgan fingerprint density at radius 2 is 1.64 bits per heavy atom. The van der Waals surface area contributed by atoms with Crippen LogP contribution in [0.2, 0.25) is 0 Å². The first-order valence-corrected chi connectivity index (χ1v) is 7.10. The Morgan fingerprint density at radius 1 is 0.920 bits per heavy atom. The molecule has 0 radical (unpaired) electrons. The largest absolute Gasteiger partial charge is 0.483 e. The van der Waals surface area contributed by atoms with E-state index in [1.165, 1.54) is 24.3 Å². The number of halogens is 3. The molecule has 2 aromatic carbocycles. The van der Waals surface area contributed by atoms with Crippen molar-refractivity contribution in [3.63, 3.8) is 0 Å². The molecule has 0 aliphatic rings. The predicted octanol–water partition coefficient (Wildman–Crippen LogP) is 3.19. The molecule has 0 saturated heterocycles. The monoisotopic (exact) mass is 347 g/mol. The van der Waals surface area contributed by atoms with Gasteiger partial charge in [0.05, 0.1) is 0 Å². The number of benzene rings is 2. The lowest BCUT2D eigenvalue weighted by molar-refractivity contribution is 0.280. The number of nitrogen functional groups attached to an aromatic ring is 1. The minimum absolute atomic E-state index is 0.0715. The van der Waals surface area contributed by atoms with E-state index in [1.54, 1.807) is 0 Å². The van der Waals surface area contributed by atoms with Crippen LogP contribution in [0.25, 0.3) is 0 Å². The molecule has 1 aromatic heterocycles. The van der Waals surface area contributed by atoms with Crippen LogP contribution in [0.1, 0.15) is 5.82 Å². The third-order valence-electron chi connectivity index (χ3n) is 3.05. The van der Waals surface area contributed by atoms with E-state index in [-0.39, 0.29) is 35.9 Å². The molecular weight excluding hydrogens is 335 g/mol. The van der Waals surface area contributed by atoms with E-state index < -0.39 is 11.6 Å². The third kappa shape index (κ3) is 4.34. The van der Waals surface area contributed by atoms with Gasteiger partial charge in [0.2, 0.25) is 11.9 Å². The van der Waals surface area contributed by atoms with E-state index in [4.69, 9.17) is 10.5 Å². The van der Waals surface area contributed by atoms with E-state index in [0.717, 1.165) is 12.1 Å². The molecule has 0 atom stereocenters. The average molecular weight is 347 g/mol. The summed E-state index contributed by atoms with van der Waals surface area (Å²) in [6.07, 6.45) is 0. The van der Waals surface area contributed by atoms with Crippen LogP contribution < -0.4 is 15.8 Å². The van der Waals surface area contributed by atoms with Gasteiger partial charge in [-0.1, -0.05) is 0 Å². The number of nitrogens with zero attached hydrogens (tertiary/aromatic N) is 3. The Morgan fingerprint density at radius 3 is 2.36 bits per heavy atom. The van der Waals surface area contributed by atoms with Crippen molar-refractivity contribution in [3.05, 3.63) is 65.7 Å². The van der Waals surface area contributed by atoms with Crippen molar-refractivity contribution in [3.8, 4) is 5.75 Å². The van der Waals surface area contributed by atoms with Crippen LogP contribution in [0.3, 0.4) is 0 Å². The summed E-state index contributed by atoms with van der Waals surface area (Å²) < 4.78 is 44.6. The molecule has 3 rings (SSSR count). The number of rotatable bonds is 5. The van der Waals surface area contributed by atoms with E-state index in [2.05, 4.69) is 20.3 Å². The molecule has 9 heteroatoms. The summed E-state index contributed by atoms with van der Waals surface area (Å²) in [6.45, 7) is -0.201. The highest BCUT2D eigenvalue weighted by molar-refractivity contribution is 5.53. The van der Waals surface area contributed by atoms with Gasteiger partial charge in [0.1, 0.15) is 18.2 Å². The fraction of sp³-hybridized carbons (Fsp3) is 0.0625. The van der Waals surface area contributed by atoms with Crippen molar-refractivity contribution in [2.75, 3.05) is 11.1 Å². The number of aromatic nitrogens is 3. The summed E-state index contributed by atoms with van der Waals surface area (Å²) in [4.78, 5) is 11.9. The standard InChI is InChI=1S/C16H12F3N5O/c17-9-1-4-11(5-2-9)21-16-23-14(22-15(20)24-16)8-25-13-6-3-10(18)7-12(13)19/h1-7H,8H2,(H3,20,21,22,23,24). The van der Waals surface area contributed by atoms with Crippen LogP contribution in [0, 0.1) is 17.5 Å². The molecule has 0 unspecified atom stereocenters. The van der Waals surface area contributed by atoms with Gasteiger partial charge in [-0.3, -0.25) is 0 Å². The van der Waals surface area contributed by atoms with Crippen LogP contribution in [-0.4, -0.2) is 15.0 Å². The first-order chi connectivity index (χ1) is 12.0. The van der Waals surface area contributed by atoms with Gasteiger partial charge in [-0.2, -0.15) is 15.0 Å². The van der Waals surface area contributed by atoms with Gasteiger partial charge in [0.25, 0.3) is 0 Å². The Labute approximate surface area is 140 Å². The summed E-state index contributed by atoms with van der Waals surface area (Å²) in [6, 6.07) is 8.48. The van der Waals surface area contributed by atoms with Crippen molar-refractivity contribution < 1.29 is 17.9 Å². The van der Waals surface area contributed by atoms with Crippen LogP contribution in [0.5, 0.6) is 5.75 Å². The van der Waals surface area contributed by atoms with Crippen molar-refractivity contribution >= 4 is 17.6 Å². The zero-order valence-corrected chi connectivity index (χ0v) is 12.7. The molecule has 0 fully saturated rings. The van der Waals surface area contributed by atoms with Crippen LogP contribution in [0.15, 0.2) is 42.5 Å². The topological polar surface area (TPSA) is 86.0 Å². The quantitative estimate of drug-likeness (QED) is 0.737. The maximum atomic E-state index is 13.5. The first-order valence-electron chi connectivity index (χ1n) is 7.10. The highest BCUT2D eigenvalue weighted by Crippen LogP contribution is 2.19. The average Bonchev–Trinajstić information content (AvgIpc) is 2.56. The summed E-state index contributed by atoms with van der Waals surface area (Å²) in [5, 5.41) is 2.84. The molecule has 6 nitrogen and oxygen atoms in total. The molecular formula is C16H12F3N5O. The molecule has 0 bridgehead atoms. The van der Waals surface area contributed by atoms with Gasteiger partial charge in [-0.05, 0) is 36.4 Å². The normalized spacial score (nSPS) is 10.5. The van der Waals surface area contributed by atoms with Gasteiger partial charge < -0.3 is 15.8 Å². The van der Waals surface area contributed by atoms with E-state index >= 15 is 0 Å². The third-order valence-corrected chi connectivity index (χ3v) is 3.05. The summed E-state index contributed by atoms with van der Waals surface area (Å²) >= 11 is 0. The fourth-order valence-electron chi connectivity index (χ4n) is 1.96. The summed E-state index contributed by atoms with van der Waals surface area (Å²) in [5.41, 5.74) is 6.16. The van der Waals surface area contributed by atoms with Crippen molar-refractivity contribution in [2.24, 2.45) is 0 Å². The summed E-state index contributed by atoms with van der Waals surface area (Å²) in [5.74, 6) is -1.88. The zero-order valence-electron chi connectivity index (χ0n) is 12.7. The van der Waals surface area contributed by atoms with Gasteiger partial charge in [0.15, 0.2) is 17.4 Å². The second-order valence-electron chi connectivity index (χ2n) is 4.93. The van der Waals surface area contributed by atoms with Crippen molar-refractivity contribution in [1.29, 1.82) is 0 Å². The van der Waals surface area contributed by atoms with E-state index in [9.17, 15) is 13.2 Å². The molecule has 0 aliphatic carbocycles. The van der Waals surface area contributed by atoms with E-state index in [1.807, 2.05) is 0 Å². The fourth-order valence-corrected chi connectivity index (χ4v) is 1.96. The molecule has 1 heterocycles. The molecule has 0 aliphatic heterocycles. The number of nitrogens with two attached hydrogens (primary N) is 1. The van der Waals surface area contributed by atoms with Crippen molar-refractivity contribution in [2.45, 2.75) is 6.61 Å². The SMILES string of the molecule is Nc1nc(COc2ccc(F)cc2F)nc(Nc2ccc(F)cc2)n1. The number of hydrogen-bond acceptors (Lipinski definition) is 6. The lowest BCUT2D eigenvalue weighted by Crippen LogP contribution is -2.09. The highest BCUT2D eigenvalue weighted by atomic mass is 19.1. The Balaban J connectivity index is 1.73. The van der Waals surface area contributed by atoms with Gasteiger partial charge in [0, 0.05) is 11.8 Å². The van der Waals surface area contributed by atoms with Gasteiger partial charge in [-0.25, -0.2) is 13.2 Å². The van der Waals surface area contributed by atoms with Crippen LogP contribution in [0.4, 0.5) is 30.8 Å². The Hall–Kier alpha value is -3.36. The number of nitrogens with one attached hydrogen (secondary N) is 1. The molecule has 25 heavy (non-hydrogen) atoms. The second-order valence-corrected chi connectivity index (χ2v) is 4.93. The zero-order chi connectivity index (χ0) is 17.8. The minimum atomic E-state index is -0.841. The van der Waals surface area contributed by atoms with Crippen LogP contribution >= 0.6 is 0 Å². The minimum Gasteiger partial charge on any atom is -0.483 e. The Kier molecular flexibility index (Phi) is 4.64. The molecule has 128 valence electrons. The lowest BCUT2D eigenvalue weighted by atomic mass is 10.3. The molecule has 3 aromatic rings. The lowest BCUT2D eigenvalue weighted by Gasteiger charge is -2.09. The predicted molar refractivity (Wildman–Crippen MR) is 84.6 cm³/mol.